The lowest BCUT2D eigenvalue weighted by atomic mass is 9.94. The lowest BCUT2D eigenvalue weighted by Crippen LogP contribution is -2.54. The number of esters is 2. The lowest BCUT2D eigenvalue weighted by molar-refractivity contribution is -0.152. The Morgan fingerprint density at radius 1 is 0.795 bits per heavy atom. The van der Waals surface area contributed by atoms with E-state index in [2.05, 4.69) is 6.92 Å². The molecule has 0 unspecified atom stereocenters. The molecule has 0 radical (unpaired) electrons. The molecule has 2 atom stereocenters. The predicted molar refractivity (Wildman–Crippen MR) is 175 cm³/mol. The Morgan fingerprint density at radius 3 is 2.05 bits per heavy atom. The maximum atomic E-state index is 14.1. The van der Waals surface area contributed by atoms with Crippen LogP contribution >= 0.6 is 0 Å². The van der Waals surface area contributed by atoms with Crippen molar-refractivity contribution in [3.63, 3.8) is 0 Å². The first-order chi connectivity index (χ1) is 21.5. The summed E-state index contributed by atoms with van der Waals surface area (Å²) in [5.74, 6) is -1.06. The predicted octanol–water partition coefficient (Wildman–Crippen LogP) is 8.09. The second-order valence-electron chi connectivity index (χ2n) is 12.0. The Hall–Kier alpha value is -3.35. The zero-order chi connectivity index (χ0) is 31.6. The molecule has 7 heteroatoms. The summed E-state index contributed by atoms with van der Waals surface area (Å²) >= 11 is 0. The molecule has 0 aliphatic carbocycles. The topological polar surface area (TPSA) is 76.2 Å². The molecule has 1 heterocycles. The van der Waals surface area contributed by atoms with Crippen LogP contribution in [0.1, 0.15) is 108 Å². The quantitative estimate of drug-likeness (QED) is 0.119. The minimum atomic E-state index is -0.738. The number of carbonyl (C=O) groups is 3. The number of ether oxygens (including phenoxy) is 2. The molecule has 2 amide bonds. The maximum Gasteiger partial charge on any atom is 0.329 e. The van der Waals surface area contributed by atoms with Gasteiger partial charge in [-0.25, -0.2) is 9.59 Å². The Balaban J connectivity index is 1.62. The van der Waals surface area contributed by atoms with Gasteiger partial charge in [-0.15, -0.1) is 0 Å². The molecule has 1 aliphatic rings. The fraction of sp³-hybridized carbons (Fsp3) is 0.595. The number of amides is 2. The van der Waals surface area contributed by atoms with Crippen LogP contribution in [0.3, 0.4) is 0 Å². The summed E-state index contributed by atoms with van der Waals surface area (Å²) in [4.78, 5) is 43.8. The van der Waals surface area contributed by atoms with Gasteiger partial charge in [0.15, 0.2) is 0 Å². The normalized spacial score (nSPS) is 14.9. The molecule has 2 aromatic rings. The number of carbonyl (C=O) groups excluding carboxylic acids is 3. The van der Waals surface area contributed by atoms with Gasteiger partial charge in [0.1, 0.15) is 12.6 Å². The zero-order valence-electron chi connectivity index (χ0n) is 27.3. The van der Waals surface area contributed by atoms with Gasteiger partial charge in [-0.2, -0.15) is 0 Å². The largest absolute Gasteiger partial charge is 0.466 e. The van der Waals surface area contributed by atoms with Gasteiger partial charge in [-0.1, -0.05) is 126 Å². The van der Waals surface area contributed by atoms with Gasteiger partial charge in [0.2, 0.25) is 0 Å². The van der Waals surface area contributed by atoms with Crippen molar-refractivity contribution < 1.29 is 23.9 Å². The minimum Gasteiger partial charge on any atom is -0.466 e. The Bertz CT molecular complexity index is 1140. The second kappa shape index (κ2) is 19.8. The third-order valence-electron chi connectivity index (χ3n) is 8.61. The SMILES string of the molecule is CCCCCCCCCCCC[C@H](CN(CC)C(=O)N1Cc2ccccc2C[C@H]1C(=O)OCc1ccccc1)C(=O)OCC. The van der Waals surface area contributed by atoms with E-state index in [0.717, 1.165) is 29.5 Å². The van der Waals surface area contributed by atoms with Crippen molar-refractivity contribution in [3.05, 3.63) is 71.3 Å². The van der Waals surface area contributed by atoms with Crippen LogP contribution in [0, 0.1) is 5.92 Å². The number of unbranched alkanes of at least 4 members (excludes halogenated alkanes) is 9. The molecule has 1 aliphatic heterocycles. The summed E-state index contributed by atoms with van der Waals surface area (Å²) in [6.07, 6.45) is 13.3. The van der Waals surface area contributed by atoms with E-state index in [-0.39, 0.29) is 25.2 Å². The number of hydrogen-bond donors (Lipinski definition) is 0. The highest BCUT2D eigenvalue weighted by Crippen LogP contribution is 2.26. The lowest BCUT2D eigenvalue weighted by Gasteiger charge is -2.39. The van der Waals surface area contributed by atoms with Crippen molar-refractivity contribution in [1.29, 1.82) is 0 Å². The fourth-order valence-corrected chi connectivity index (χ4v) is 5.97. The molecule has 0 spiro atoms. The zero-order valence-corrected chi connectivity index (χ0v) is 27.3. The van der Waals surface area contributed by atoms with Crippen LogP contribution in [0.2, 0.25) is 0 Å². The highest BCUT2D eigenvalue weighted by molar-refractivity contribution is 5.85. The molecule has 0 saturated heterocycles. The van der Waals surface area contributed by atoms with Gasteiger partial charge in [0.25, 0.3) is 0 Å². The first-order valence-corrected chi connectivity index (χ1v) is 17.0. The Morgan fingerprint density at radius 2 is 1.41 bits per heavy atom. The number of fused-ring (bicyclic) bond motifs is 1. The van der Waals surface area contributed by atoms with Crippen LogP contribution in [-0.2, 0) is 38.6 Å². The van der Waals surface area contributed by atoms with Crippen molar-refractivity contribution in [2.75, 3.05) is 19.7 Å². The fourth-order valence-electron chi connectivity index (χ4n) is 5.97. The number of rotatable bonds is 19. The van der Waals surface area contributed by atoms with E-state index in [9.17, 15) is 14.4 Å². The molecule has 3 rings (SSSR count). The molecule has 0 N–H and O–H groups in total. The van der Waals surface area contributed by atoms with Crippen molar-refractivity contribution in [2.45, 2.75) is 117 Å². The van der Waals surface area contributed by atoms with Gasteiger partial charge >= 0.3 is 18.0 Å². The standard InChI is InChI=1S/C37H54N2O5/c1-4-7-8-9-10-11-12-13-14-18-25-33(35(40)43-6-3)27-38(5-2)37(42)39-28-32-24-20-19-23-31(32)26-34(39)36(41)44-29-30-21-16-15-17-22-30/h15-17,19-24,33-34H,4-14,18,25-29H2,1-3H3/t33-,34+/m1/s1. The number of nitrogens with zero attached hydrogens (tertiary/aromatic N) is 2. The molecule has 242 valence electrons. The second-order valence-corrected chi connectivity index (χ2v) is 12.0. The van der Waals surface area contributed by atoms with Crippen molar-refractivity contribution in [3.8, 4) is 0 Å². The van der Waals surface area contributed by atoms with Gasteiger partial charge in [0.05, 0.1) is 12.5 Å². The van der Waals surface area contributed by atoms with Crippen LogP contribution < -0.4 is 0 Å². The third kappa shape index (κ3) is 11.3. The molecular weight excluding hydrogens is 552 g/mol. The maximum absolute atomic E-state index is 14.1. The van der Waals surface area contributed by atoms with E-state index >= 15 is 0 Å². The highest BCUT2D eigenvalue weighted by atomic mass is 16.5. The summed E-state index contributed by atoms with van der Waals surface area (Å²) in [5, 5.41) is 0. The van der Waals surface area contributed by atoms with Gasteiger partial charge in [0, 0.05) is 26.1 Å². The van der Waals surface area contributed by atoms with Gasteiger partial charge in [-0.3, -0.25) is 4.79 Å². The molecule has 0 fully saturated rings. The molecule has 44 heavy (non-hydrogen) atoms. The minimum absolute atomic E-state index is 0.154. The first-order valence-electron chi connectivity index (χ1n) is 17.0. The van der Waals surface area contributed by atoms with Crippen molar-refractivity contribution in [1.82, 2.24) is 9.80 Å². The highest BCUT2D eigenvalue weighted by Gasteiger charge is 2.38. The molecule has 7 nitrogen and oxygen atoms in total. The smallest absolute Gasteiger partial charge is 0.329 e. The van der Waals surface area contributed by atoms with E-state index in [1.54, 1.807) is 9.80 Å². The average molecular weight is 607 g/mol. The number of benzene rings is 2. The number of urea groups is 1. The summed E-state index contributed by atoms with van der Waals surface area (Å²) in [7, 11) is 0. The molecular formula is C37H54N2O5. The van der Waals surface area contributed by atoms with Gasteiger partial charge < -0.3 is 19.3 Å². The summed E-state index contributed by atoms with van der Waals surface area (Å²) in [6.45, 7) is 7.46. The summed E-state index contributed by atoms with van der Waals surface area (Å²) < 4.78 is 11.2. The molecule has 2 aromatic carbocycles. The first kappa shape index (κ1) is 35.1. The summed E-state index contributed by atoms with van der Waals surface area (Å²) in [5.41, 5.74) is 2.97. The van der Waals surface area contributed by atoms with Crippen LogP contribution in [0.5, 0.6) is 0 Å². The van der Waals surface area contributed by atoms with Crippen molar-refractivity contribution in [2.24, 2.45) is 5.92 Å². The summed E-state index contributed by atoms with van der Waals surface area (Å²) in [6, 6.07) is 16.5. The number of hydrogen-bond acceptors (Lipinski definition) is 5. The Kier molecular flexibility index (Phi) is 15.8. The molecule has 0 saturated carbocycles. The van der Waals surface area contributed by atoms with Gasteiger partial charge in [-0.05, 0) is 37.0 Å². The third-order valence-corrected chi connectivity index (χ3v) is 8.61. The van der Waals surface area contributed by atoms with Crippen LogP contribution in [0.25, 0.3) is 0 Å². The van der Waals surface area contributed by atoms with Crippen LogP contribution in [-0.4, -0.2) is 53.5 Å². The average Bonchev–Trinajstić information content (AvgIpc) is 3.05. The molecule has 0 aromatic heterocycles. The van der Waals surface area contributed by atoms with Crippen molar-refractivity contribution >= 4 is 18.0 Å². The van der Waals surface area contributed by atoms with Crippen LogP contribution in [0.15, 0.2) is 54.6 Å². The monoisotopic (exact) mass is 606 g/mol. The Labute approximate surface area is 265 Å². The van der Waals surface area contributed by atoms with Crippen LogP contribution in [0.4, 0.5) is 4.79 Å². The van der Waals surface area contributed by atoms with E-state index in [1.807, 2.05) is 68.4 Å². The molecule has 0 bridgehead atoms. The van der Waals surface area contributed by atoms with E-state index in [0.29, 0.717) is 32.5 Å². The van der Waals surface area contributed by atoms with E-state index in [4.69, 9.17) is 9.47 Å². The van der Waals surface area contributed by atoms with E-state index in [1.165, 1.54) is 51.4 Å². The van der Waals surface area contributed by atoms with E-state index < -0.39 is 17.9 Å².